The van der Waals surface area contributed by atoms with Crippen LogP contribution in [0.4, 0.5) is 0 Å². The van der Waals surface area contributed by atoms with Crippen LogP contribution in [0, 0.1) is 0 Å². The maximum atomic E-state index is 11.9. The van der Waals surface area contributed by atoms with Gasteiger partial charge >= 0.3 is 0 Å². The highest BCUT2D eigenvalue weighted by Gasteiger charge is 2.12. The van der Waals surface area contributed by atoms with Gasteiger partial charge in [0, 0.05) is 5.56 Å². The highest BCUT2D eigenvalue weighted by atomic mass is 16.5. The first-order chi connectivity index (χ1) is 9.56. The molecule has 106 valence electrons. The van der Waals surface area contributed by atoms with Crippen LogP contribution in [0.15, 0.2) is 23.0 Å². The molecule has 3 N–H and O–H groups in total. The van der Waals surface area contributed by atoms with Gasteiger partial charge in [0.15, 0.2) is 11.5 Å². The van der Waals surface area contributed by atoms with E-state index in [2.05, 4.69) is 9.97 Å². The number of aromatic nitrogens is 2. The normalized spacial score (nSPS) is 10.5. The van der Waals surface area contributed by atoms with E-state index in [1.54, 1.807) is 12.1 Å². The molecule has 0 spiro atoms. The van der Waals surface area contributed by atoms with E-state index in [9.17, 15) is 15.0 Å². The fourth-order valence-electron chi connectivity index (χ4n) is 1.94. The zero-order valence-electron chi connectivity index (χ0n) is 11.3. The van der Waals surface area contributed by atoms with Gasteiger partial charge in [-0.05, 0) is 24.6 Å². The second-order valence-electron chi connectivity index (χ2n) is 4.35. The first kappa shape index (κ1) is 13.9. The lowest BCUT2D eigenvalue weighted by atomic mass is 10.1. The van der Waals surface area contributed by atoms with Crippen LogP contribution in [-0.2, 0) is 6.42 Å². The molecule has 0 radical (unpaired) electrons. The van der Waals surface area contributed by atoms with Gasteiger partial charge in [-0.1, -0.05) is 13.3 Å². The average Bonchev–Trinajstić information content (AvgIpc) is 2.42. The van der Waals surface area contributed by atoms with Gasteiger partial charge in [-0.2, -0.15) is 4.98 Å². The molecule has 0 aliphatic heterocycles. The van der Waals surface area contributed by atoms with E-state index < -0.39 is 0 Å². The number of methoxy groups -OCH3 is 1. The van der Waals surface area contributed by atoms with E-state index in [4.69, 9.17) is 4.74 Å². The van der Waals surface area contributed by atoms with Crippen LogP contribution >= 0.6 is 0 Å². The lowest BCUT2D eigenvalue weighted by molar-refractivity contribution is 0.373. The van der Waals surface area contributed by atoms with Crippen LogP contribution < -0.4 is 10.3 Å². The van der Waals surface area contributed by atoms with Crippen molar-refractivity contribution >= 4 is 0 Å². The SMILES string of the molecule is CCCc1c(O)nc(-c2ccc(OC)c(O)c2)[nH]c1=O. The number of phenols is 1. The zero-order chi connectivity index (χ0) is 14.7. The summed E-state index contributed by atoms with van der Waals surface area (Å²) in [7, 11) is 1.44. The molecule has 0 aliphatic carbocycles. The molecule has 0 fully saturated rings. The summed E-state index contributed by atoms with van der Waals surface area (Å²) in [5, 5.41) is 19.5. The molecule has 0 aliphatic rings. The molecule has 1 aromatic carbocycles. The second kappa shape index (κ2) is 5.64. The van der Waals surface area contributed by atoms with Gasteiger partial charge in [-0.15, -0.1) is 0 Å². The van der Waals surface area contributed by atoms with Crippen molar-refractivity contribution in [1.29, 1.82) is 0 Å². The monoisotopic (exact) mass is 276 g/mol. The van der Waals surface area contributed by atoms with E-state index in [1.807, 2.05) is 6.92 Å². The van der Waals surface area contributed by atoms with E-state index in [0.29, 0.717) is 17.7 Å². The Kier molecular flexibility index (Phi) is 3.93. The Hall–Kier alpha value is -2.50. The smallest absolute Gasteiger partial charge is 0.258 e. The Balaban J connectivity index is 2.48. The number of nitrogens with one attached hydrogen (secondary N) is 1. The third-order valence-electron chi connectivity index (χ3n) is 2.95. The van der Waals surface area contributed by atoms with Crippen LogP contribution in [0.5, 0.6) is 17.4 Å². The molecule has 6 heteroatoms. The summed E-state index contributed by atoms with van der Waals surface area (Å²) in [5.74, 6) is 0.180. The lowest BCUT2D eigenvalue weighted by Gasteiger charge is -2.07. The summed E-state index contributed by atoms with van der Waals surface area (Å²) in [4.78, 5) is 18.5. The minimum atomic E-state index is -0.371. The summed E-state index contributed by atoms with van der Waals surface area (Å²) in [6.45, 7) is 1.91. The fraction of sp³-hybridized carbons (Fsp3) is 0.286. The summed E-state index contributed by atoms with van der Waals surface area (Å²) in [5.41, 5.74) is 0.386. The largest absolute Gasteiger partial charge is 0.504 e. The minimum absolute atomic E-state index is 0.0650. The lowest BCUT2D eigenvalue weighted by Crippen LogP contribution is -2.15. The zero-order valence-corrected chi connectivity index (χ0v) is 11.3. The van der Waals surface area contributed by atoms with E-state index in [-0.39, 0.29) is 28.6 Å². The number of hydrogen-bond donors (Lipinski definition) is 3. The number of aromatic hydroxyl groups is 2. The number of hydrogen-bond acceptors (Lipinski definition) is 5. The molecule has 0 amide bonds. The first-order valence-electron chi connectivity index (χ1n) is 6.26. The molecule has 1 heterocycles. The molecule has 2 rings (SSSR count). The fourth-order valence-corrected chi connectivity index (χ4v) is 1.94. The molecule has 1 aromatic heterocycles. The number of H-pyrrole nitrogens is 1. The van der Waals surface area contributed by atoms with Crippen molar-refractivity contribution in [1.82, 2.24) is 9.97 Å². The van der Waals surface area contributed by atoms with Crippen LogP contribution in [0.3, 0.4) is 0 Å². The molecule has 20 heavy (non-hydrogen) atoms. The molecule has 0 saturated heterocycles. The molecular weight excluding hydrogens is 260 g/mol. The van der Waals surface area contributed by atoms with Gasteiger partial charge in [-0.3, -0.25) is 4.79 Å². The van der Waals surface area contributed by atoms with Crippen molar-refractivity contribution in [3.63, 3.8) is 0 Å². The molecule has 6 nitrogen and oxygen atoms in total. The average molecular weight is 276 g/mol. The Morgan fingerprint density at radius 3 is 2.65 bits per heavy atom. The number of aromatic amines is 1. The summed E-state index contributed by atoms with van der Waals surface area (Å²) < 4.78 is 4.94. The van der Waals surface area contributed by atoms with Crippen molar-refractivity contribution in [2.75, 3.05) is 7.11 Å². The van der Waals surface area contributed by atoms with Crippen LogP contribution in [0.1, 0.15) is 18.9 Å². The number of rotatable bonds is 4. The molecule has 0 bridgehead atoms. The minimum Gasteiger partial charge on any atom is -0.504 e. The Morgan fingerprint density at radius 2 is 2.10 bits per heavy atom. The number of benzene rings is 1. The summed E-state index contributed by atoms with van der Waals surface area (Å²) in [6.07, 6.45) is 1.20. The van der Waals surface area contributed by atoms with Gasteiger partial charge < -0.3 is 19.9 Å². The Labute approximate surface area is 115 Å². The predicted molar refractivity (Wildman–Crippen MR) is 74.2 cm³/mol. The van der Waals surface area contributed by atoms with Crippen molar-refractivity contribution in [2.45, 2.75) is 19.8 Å². The molecule has 2 aromatic rings. The van der Waals surface area contributed by atoms with Crippen LogP contribution in [0.25, 0.3) is 11.4 Å². The topological polar surface area (TPSA) is 95.4 Å². The third kappa shape index (κ3) is 2.59. The van der Waals surface area contributed by atoms with Crippen molar-refractivity contribution in [2.24, 2.45) is 0 Å². The number of phenolic OH excluding ortho intramolecular Hbond substituents is 1. The van der Waals surface area contributed by atoms with Crippen LogP contribution in [-0.4, -0.2) is 27.3 Å². The first-order valence-corrected chi connectivity index (χ1v) is 6.26. The van der Waals surface area contributed by atoms with Crippen molar-refractivity contribution in [3.8, 4) is 28.8 Å². The number of ether oxygens (including phenoxy) is 1. The van der Waals surface area contributed by atoms with Crippen molar-refractivity contribution in [3.05, 3.63) is 34.1 Å². The standard InChI is InChI=1S/C14H16N2O4/c1-3-4-9-13(18)15-12(16-14(9)19)8-5-6-11(20-2)10(17)7-8/h5-7,17H,3-4H2,1-2H3,(H2,15,16,18,19). The van der Waals surface area contributed by atoms with Gasteiger partial charge in [0.05, 0.1) is 12.7 Å². The molecule has 0 unspecified atom stereocenters. The number of nitrogens with zero attached hydrogens (tertiary/aromatic N) is 1. The maximum Gasteiger partial charge on any atom is 0.258 e. The third-order valence-corrected chi connectivity index (χ3v) is 2.95. The van der Waals surface area contributed by atoms with E-state index in [0.717, 1.165) is 6.42 Å². The molecule has 0 atom stereocenters. The van der Waals surface area contributed by atoms with Gasteiger partial charge in [0.25, 0.3) is 5.56 Å². The molecule has 0 saturated carbocycles. The van der Waals surface area contributed by atoms with Gasteiger partial charge in [0.2, 0.25) is 5.88 Å². The van der Waals surface area contributed by atoms with E-state index in [1.165, 1.54) is 13.2 Å². The van der Waals surface area contributed by atoms with Gasteiger partial charge in [0.1, 0.15) is 5.82 Å². The predicted octanol–water partition coefficient (Wildman–Crippen LogP) is 1.81. The quantitative estimate of drug-likeness (QED) is 0.791. The van der Waals surface area contributed by atoms with Gasteiger partial charge in [-0.25, -0.2) is 0 Å². The second-order valence-corrected chi connectivity index (χ2v) is 4.35. The van der Waals surface area contributed by atoms with Crippen LogP contribution in [0.2, 0.25) is 0 Å². The molecular formula is C14H16N2O4. The highest BCUT2D eigenvalue weighted by Crippen LogP contribution is 2.30. The summed E-state index contributed by atoms with van der Waals surface area (Å²) in [6, 6.07) is 4.60. The highest BCUT2D eigenvalue weighted by molar-refractivity contribution is 5.61. The Bertz CT molecular complexity index is 679. The summed E-state index contributed by atoms with van der Waals surface area (Å²) >= 11 is 0. The Morgan fingerprint density at radius 1 is 1.35 bits per heavy atom. The van der Waals surface area contributed by atoms with E-state index >= 15 is 0 Å². The van der Waals surface area contributed by atoms with Crippen molar-refractivity contribution < 1.29 is 14.9 Å². The maximum absolute atomic E-state index is 11.9.